The first kappa shape index (κ1) is 9.73. The Bertz CT molecular complexity index is 564. The van der Waals surface area contributed by atoms with Crippen molar-refractivity contribution >= 4 is 15.9 Å². The van der Waals surface area contributed by atoms with Crippen molar-refractivity contribution in [3.05, 3.63) is 52.0 Å². The molecule has 0 fully saturated rings. The summed E-state index contributed by atoms with van der Waals surface area (Å²) in [6.07, 6.45) is 0.705. The number of halogens is 1. The smallest absolute Gasteiger partial charge is 0.137 e. The molecule has 0 saturated heterocycles. The number of phenolic OH excluding ortho intramolecular Hbond substituents is 1. The number of phenols is 1. The standard InChI is InChI=1S/C13H9BrO2/c14-10-5-6-12-9(13(10)15)7-8-3-1-2-4-11(8)16-12/h1-6,15H,7H2. The van der Waals surface area contributed by atoms with E-state index in [-0.39, 0.29) is 5.75 Å². The van der Waals surface area contributed by atoms with Gasteiger partial charge in [0.15, 0.2) is 0 Å². The summed E-state index contributed by atoms with van der Waals surface area (Å²) in [7, 11) is 0. The number of rotatable bonds is 0. The summed E-state index contributed by atoms with van der Waals surface area (Å²) in [6, 6.07) is 11.5. The van der Waals surface area contributed by atoms with Gasteiger partial charge in [0.25, 0.3) is 0 Å². The predicted molar refractivity (Wildman–Crippen MR) is 65.1 cm³/mol. The number of hydrogen-bond acceptors (Lipinski definition) is 2. The first-order valence-electron chi connectivity index (χ1n) is 5.02. The fourth-order valence-electron chi connectivity index (χ4n) is 1.91. The summed E-state index contributed by atoms with van der Waals surface area (Å²) >= 11 is 3.31. The Balaban J connectivity index is 2.16. The molecule has 3 heteroatoms. The third kappa shape index (κ3) is 1.39. The minimum atomic E-state index is 0.270. The van der Waals surface area contributed by atoms with Crippen LogP contribution in [-0.2, 0) is 6.42 Å². The van der Waals surface area contributed by atoms with Crippen LogP contribution < -0.4 is 4.74 Å². The van der Waals surface area contributed by atoms with E-state index in [1.807, 2.05) is 30.3 Å². The molecule has 1 aliphatic heterocycles. The second kappa shape index (κ2) is 3.52. The predicted octanol–water partition coefficient (Wildman–Crippen LogP) is 3.85. The van der Waals surface area contributed by atoms with E-state index < -0.39 is 0 Å². The molecular formula is C13H9BrO2. The summed E-state index contributed by atoms with van der Waals surface area (Å²) in [5.41, 5.74) is 1.94. The molecule has 0 unspecified atom stereocenters. The van der Waals surface area contributed by atoms with Gasteiger partial charge in [0.2, 0.25) is 0 Å². The highest BCUT2D eigenvalue weighted by Crippen LogP contribution is 2.43. The van der Waals surface area contributed by atoms with Gasteiger partial charge in [-0.2, -0.15) is 0 Å². The Labute approximate surface area is 102 Å². The Hall–Kier alpha value is -1.48. The van der Waals surface area contributed by atoms with Crippen molar-refractivity contribution < 1.29 is 9.84 Å². The first-order valence-corrected chi connectivity index (χ1v) is 5.81. The topological polar surface area (TPSA) is 29.5 Å². The zero-order chi connectivity index (χ0) is 11.1. The van der Waals surface area contributed by atoms with Gasteiger partial charge in [0.1, 0.15) is 17.2 Å². The van der Waals surface area contributed by atoms with E-state index in [1.165, 1.54) is 0 Å². The molecule has 16 heavy (non-hydrogen) atoms. The molecule has 1 N–H and O–H groups in total. The van der Waals surface area contributed by atoms with Crippen LogP contribution >= 0.6 is 15.9 Å². The van der Waals surface area contributed by atoms with Crippen LogP contribution in [0.15, 0.2) is 40.9 Å². The van der Waals surface area contributed by atoms with E-state index in [1.54, 1.807) is 6.07 Å². The third-order valence-electron chi connectivity index (χ3n) is 2.75. The molecule has 2 nitrogen and oxygen atoms in total. The Morgan fingerprint density at radius 3 is 2.75 bits per heavy atom. The summed E-state index contributed by atoms with van der Waals surface area (Å²) in [5, 5.41) is 9.94. The zero-order valence-electron chi connectivity index (χ0n) is 8.40. The molecule has 0 amide bonds. The molecule has 1 aliphatic rings. The van der Waals surface area contributed by atoms with Gasteiger partial charge in [-0.1, -0.05) is 18.2 Å². The van der Waals surface area contributed by atoms with Gasteiger partial charge < -0.3 is 9.84 Å². The van der Waals surface area contributed by atoms with Crippen molar-refractivity contribution in [2.75, 3.05) is 0 Å². The highest BCUT2D eigenvalue weighted by Gasteiger charge is 2.20. The van der Waals surface area contributed by atoms with Gasteiger partial charge in [-0.05, 0) is 39.7 Å². The van der Waals surface area contributed by atoms with E-state index in [0.29, 0.717) is 10.9 Å². The Morgan fingerprint density at radius 2 is 1.88 bits per heavy atom. The molecule has 0 saturated carbocycles. The fourth-order valence-corrected chi connectivity index (χ4v) is 2.29. The second-order valence-electron chi connectivity index (χ2n) is 3.76. The minimum absolute atomic E-state index is 0.270. The largest absolute Gasteiger partial charge is 0.506 e. The van der Waals surface area contributed by atoms with Gasteiger partial charge in [0, 0.05) is 12.0 Å². The van der Waals surface area contributed by atoms with Crippen LogP contribution in [0.5, 0.6) is 17.2 Å². The minimum Gasteiger partial charge on any atom is -0.506 e. The molecule has 3 rings (SSSR count). The van der Waals surface area contributed by atoms with Crippen LogP contribution in [0.4, 0.5) is 0 Å². The van der Waals surface area contributed by atoms with Gasteiger partial charge in [-0.15, -0.1) is 0 Å². The number of hydrogen-bond donors (Lipinski definition) is 1. The van der Waals surface area contributed by atoms with Crippen molar-refractivity contribution in [1.29, 1.82) is 0 Å². The summed E-state index contributed by atoms with van der Waals surface area (Å²) in [5.74, 6) is 1.88. The monoisotopic (exact) mass is 276 g/mol. The number of para-hydroxylation sites is 1. The molecule has 1 heterocycles. The Morgan fingerprint density at radius 1 is 1.06 bits per heavy atom. The number of aromatic hydroxyl groups is 1. The average Bonchev–Trinajstić information content (AvgIpc) is 2.32. The van der Waals surface area contributed by atoms with Crippen LogP contribution in [0.1, 0.15) is 11.1 Å². The van der Waals surface area contributed by atoms with E-state index in [0.717, 1.165) is 22.6 Å². The highest BCUT2D eigenvalue weighted by atomic mass is 79.9. The lowest BCUT2D eigenvalue weighted by atomic mass is 10.00. The van der Waals surface area contributed by atoms with E-state index >= 15 is 0 Å². The molecule has 0 bridgehead atoms. The number of benzene rings is 2. The van der Waals surface area contributed by atoms with Crippen LogP contribution in [0.25, 0.3) is 0 Å². The number of fused-ring (bicyclic) bond motifs is 2. The van der Waals surface area contributed by atoms with Gasteiger partial charge in [-0.3, -0.25) is 0 Å². The van der Waals surface area contributed by atoms with E-state index in [4.69, 9.17) is 4.74 Å². The summed E-state index contributed by atoms with van der Waals surface area (Å²) < 4.78 is 6.44. The lowest BCUT2D eigenvalue weighted by Crippen LogP contribution is -2.03. The molecular weight excluding hydrogens is 268 g/mol. The summed E-state index contributed by atoms with van der Waals surface area (Å²) in [4.78, 5) is 0. The van der Waals surface area contributed by atoms with E-state index in [2.05, 4.69) is 15.9 Å². The Kier molecular flexibility index (Phi) is 2.14. The maximum Gasteiger partial charge on any atom is 0.137 e. The second-order valence-corrected chi connectivity index (χ2v) is 4.61. The molecule has 2 aromatic carbocycles. The van der Waals surface area contributed by atoms with Crippen LogP contribution in [-0.4, -0.2) is 5.11 Å². The van der Waals surface area contributed by atoms with Crippen molar-refractivity contribution in [2.24, 2.45) is 0 Å². The van der Waals surface area contributed by atoms with Crippen LogP contribution in [0.3, 0.4) is 0 Å². The van der Waals surface area contributed by atoms with Crippen molar-refractivity contribution in [2.45, 2.75) is 6.42 Å². The van der Waals surface area contributed by atoms with Crippen molar-refractivity contribution in [3.8, 4) is 17.2 Å². The van der Waals surface area contributed by atoms with Crippen molar-refractivity contribution in [3.63, 3.8) is 0 Å². The number of ether oxygens (including phenoxy) is 1. The average molecular weight is 277 g/mol. The zero-order valence-corrected chi connectivity index (χ0v) is 9.99. The van der Waals surface area contributed by atoms with Gasteiger partial charge in [-0.25, -0.2) is 0 Å². The lowest BCUT2D eigenvalue weighted by Gasteiger charge is -2.21. The molecule has 0 aromatic heterocycles. The van der Waals surface area contributed by atoms with Crippen LogP contribution in [0.2, 0.25) is 0 Å². The highest BCUT2D eigenvalue weighted by molar-refractivity contribution is 9.10. The molecule has 0 aliphatic carbocycles. The third-order valence-corrected chi connectivity index (χ3v) is 3.39. The molecule has 0 spiro atoms. The lowest BCUT2D eigenvalue weighted by molar-refractivity contribution is 0.430. The molecule has 0 atom stereocenters. The van der Waals surface area contributed by atoms with E-state index in [9.17, 15) is 5.11 Å². The maximum atomic E-state index is 9.94. The quantitative estimate of drug-likeness (QED) is 0.676. The van der Waals surface area contributed by atoms with Crippen molar-refractivity contribution in [1.82, 2.24) is 0 Å². The first-order chi connectivity index (χ1) is 7.75. The van der Waals surface area contributed by atoms with Gasteiger partial charge in [0.05, 0.1) is 4.47 Å². The SMILES string of the molecule is Oc1c(Br)ccc2c1Cc1ccccc1O2. The van der Waals surface area contributed by atoms with Crippen LogP contribution in [0, 0.1) is 0 Å². The summed E-state index contributed by atoms with van der Waals surface area (Å²) in [6.45, 7) is 0. The molecule has 2 aromatic rings. The van der Waals surface area contributed by atoms with Gasteiger partial charge >= 0.3 is 0 Å². The molecule has 80 valence electrons. The fraction of sp³-hybridized carbons (Fsp3) is 0.0769. The molecule has 0 radical (unpaired) electrons. The maximum absolute atomic E-state index is 9.94. The normalized spacial score (nSPS) is 12.6.